The topological polar surface area (TPSA) is 114 Å². The number of rotatable bonds is 0. The van der Waals surface area contributed by atoms with Crippen molar-refractivity contribution in [3.05, 3.63) is 5.73 Å². The van der Waals surface area contributed by atoms with E-state index in [1.54, 1.807) is 20.8 Å². The smallest absolute Gasteiger partial charge is 0.632 e. The molecule has 116 valence electrons. The SMILES string of the molecule is CC(C)(C)OC([NH-])=O.CN.CNC(=O)OC(C)(C)C.[K+]. The number of alkyl carbamates (subject to hydrolysis) is 1. The zero-order valence-corrected chi connectivity index (χ0v) is 17.3. The summed E-state index contributed by atoms with van der Waals surface area (Å²) in [6.45, 7) is 10.6. The van der Waals surface area contributed by atoms with Crippen molar-refractivity contribution in [3.63, 3.8) is 0 Å². The maximum absolute atomic E-state index is 10.5. The molecule has 0 aliphatic rings. The Balaban J connectivity index is -0.000000109. The molecule has 0 fully saturated rings. The van der Waals surface area contributed by atoms with Crippen molar-refractivity contribution in [2.45, 2.75) is 52.7 Å². The normalized spacial score (nSPS) is 9.45. The van der Waals surface area contributed by atoms with Gasteiger partial charge in [0.25, 0.3) is 0 Å². The number of carbonyl (C=O) groups is 2. The first-order chi connectivity index (χ1) is 8.37. The summed E-state index contributed by atoms with van der Waals surface area (Å²) in [5, 5.41) is 2.36. The molecular weight excluding hydrogens is 289 g/mol. The minimum Gasteiger partial charge on any atom is -0.632 e. The molecule has 0 heterocycles. The first-order valence-electron chi connectivity index (χ1n) is 5.80. The van der Waals surface area contributed by atoms with Crippen LogP contribution in [0, 0.1) is 0 Å². The van der Waals surface area contributed by atoms with Crippen molar-refractivity contribution in [1.82, 2.24) is 5.32 Å². The molecule has 0 saturated heterocycles. The molecule has 0 spiro atoms. The van der Waals surface area contributed by atoms with E-state index >= 15 is 0 Å². The van der Waals surface area contributed by atoms with Crippen LogP contribution in [0.5, 0.6) is 0 Å². The van der Waals surface area contributed by atoms with Gasteiger partial charge in [-0.05, 0) is 48.6 Å². The number of hydrogen-bond acceptors (Lipinski definition) is 5. The maximum Gasteiger partial charge on any atom is 1.00 e. The first kappa shape index (κ1) is 28.3. The zero-order valence-electron chi connectivity index (χ0n) is 14.2. The van der Waals surface area contributed by atoms with Crippen LogP contribution >= 0.6 is 0 Å². The van der Waals surface area contributed by atoms with Gasteiger partial charge in [0.2, 0.25) is 6.09 Å². The number of nitrogens with two attached hydrogens (primary N) is 1. The summed E-state index contributed by atoms with van der Waals surface area (Å²) >= 11 is 0. The summed E-state index contributed by atoms with van der Waals surface area (Å²) in [4.78, 5) is 20.4. The minimum atomic E-state index is -0.975. The van der Waals surface area contributed by atoms with Gasteiger partial charge in [0.05, 0.1) is 0 Å². The van der Waals surface area contributed by atoms with Crippen LogP contribution in [0.25, 0.3) is 5.73 Å². The van der Waals surface area contributed by atoms with Crippen LogP contribution in [0.15, 0.2) is 0 Å². The summed E-state index contributed by atoms with van der Waals surface area (Å²) in [5.41, 5.74) is 9.97. The second-order valence-electron chi connectivity index (χ2n) is 5.25. The zero-order chi connectivity index (χ0) is 16.3. The van der Waals surface area contributed by atoms with Crippen molar-refractivity contribution >= 4 is 12.2 Å². The summed E-state index contributed by atoms with van der Waals surface area (Å²) in [6.07, 6.45) is -1.36. The Morgan fingerprint density at radius 3 is 1.30 bits per heavy atom. The number of ether oxygens (including phenoxy) is 2. The Morgan fingerprint density at radius 1 is 0.950 bits per heavy atom. The van der Waals surface area contributed by atoms with E-state index in [0.717, 1.165) is 0 Å². The van der Waals surface area contributed by atoms with E-state index in [9.17, 15) is 9.59 Å². The predicted octanol–water partition coefficient (Wildman–Crippen LogP) is -0.306. The predicted molar refractivity (Wildman–Crippen MR) is 76.0 cm³/mol. The van der Waals surface area contributed by atoms with Gasteiger partial charge in [-0.2, -0.15) is 0 Å². The van der Waals surface area contributed by atoms with Crippen LogP contribution < -0.4 is 62.4 Å². The van der Waals surface area contributed by atoms with Crippen molar-refractivity contribution in [3.8, 4) is 0 Å². The molecule has 20 heavy (non-hydrogen) atoms. The van der Waals surface area contributed by atoms with E-state index in [4.69, 9.17) is 10.5 Å². The molecule has 0 bridgehead atoms. The quantitative estimate of drug-likeness (QED) is 0.595. The second kappa shape index (κ2) is 14.1. The Hall–Kier alpha value is 0.136. The van der Waals surface area contributed by atoms with Gasteiger partial charge >= 0.3 is 57.5 Å². The largest absolute Gasteiger partial charge is 1.00 e. The molecule has 7 nitrogen and oxygen atoms in total. The number of hydrogen-bond donors (Lipinski definition) is 2. The molecule has 0 aliphatic heterocycles. The van der Waals surface area contributed by atoms with E-state index in [1.807, 2.05) is 20.8 Å². The Morgan fingerprint density at radius 2 is 1.25 bits per heavy atom. The number of nitrogens with one attached hydrogen (secondary N) is 2. The van der Waals surface area contributed by atoms with Crippen molar-refractivity contribution in [2.24, 2.45) is 5.73 Å². The number of carbonyl (C=O) groups excluding carboxylic acids is 2. The van der Waals surface area contributed by atoms with E-state index in [-0.39, 0.29) is 63.1 Å². The number of amides is 2. The maximum atomic E-state index is 10.5. The van der Waals surface area contributed by atoms with Crippen LogP contribution in [-0.4, -0.2) is 37.5 Å². The molecule has 8 heteroatoms. The van der Waals surface area contributed by atoms with Crippen LogP contribution in [0.3, 0.4) is 0 Å². The molecule has 0 aliphatic carbocycles. The second-order valence-corrected chi connectivity index (χ2v) is 5.25. The average molecular weight is 317 g/mol. The fourth-order valence-electron chi connectivity index (χ4n) is 0.607. The fourth-order valence-corrected chi connectivity index (χ4v) is 0.607. The van der Waals surface area contributed by atoms with Gasteiger partial charge in [-0.15, -0.1) is 0 Å². The molecule has 0 unspecified atom stereocenters. The fraction of sp³-hybridized carbons (Fsp3) is 0.833. The Kier molecular flexibility index (Phi) is 20.0. The molecule has 2 amide bonds. The van der Waals surface area contributed by atoms with E-state index in [2.05, 4.69) is 15.8 Å². The van der Waals surface area contributed by atoms with Gasteiger partial charge in [-0.25, -0.2) is 4.79 Å². The van der Waals surface area contributed by atoms with Gasteiger partial charge in [-0.1, -0.05) is 0 Å². The van der Waals surface area contributed by atoms with Crippen LogP contribution in [0.2, 0.25) is 0 Å². The molecule has 0 radical (unpaired) electrons. The van der Waals surface area contributed by atoms with Crippen molar-refractivity contribution in [1.29, 1.82) is 0 Å². The van der Waals surface area contributed by atoms with Crippen LogP contribution in [0.1, 0.15) is 41.5 Å². The third-order valence-corrected chi connectivity index (χ3v) is 1.00. The van der Waals surface area contributed by atoms with E-state index < -0.39 is 11.7 Å². The summed E-state index contributed by atoms with van der Waals surface area (Å²) in [7, 11) is 3.04. The Bertz CT molecular complexity index is 260. The molecule has 4 N–H and O–H groups in total. The van der Waals surface area contributed by atoms with Gasteiger partial charge in [0.15, 0.2) is 0 Å². The standard InChI is InChI=1S/C6H13NO2.C5H11NO2.CH5N.K/c1-6(2,3)9-5(8)7-4;1-5(2,3)8-4(6)7;1-2;/h1-4H3,(H,7,8);1-3H3,(H2,6,7);2H2,1H3;/q;;;+1/p-1. The molecule has 0 saturated carbocycles. The Labute approximate surface area is 164 Å². The van der Waals surface area contributed by atoms with Gasteiger partial charge < -0.3 is 26.3 Å². The monoisotopic (exact) mass is 317 g/mol. The molecular formula is C12H28KN3O4. The van der Waals surface area contributed by atoms with Gasteiger partial charge in [0, 0.05) is 7.05 Å². The van der Waals surface area contributed by atoms with E-state index in [0.29, 0.717) is 0 Å². The molecule has 0 atom stereocenters. The first-order valence-corrected chi connectivity index (χ1v) is 5.80. The van der Waals surface area contributed by atoms with Crippen molar-refractivity contribution in [2.75, 3.05) is 14.1 Å². The average Bonchev–Trinajstić information content (AvgIpc) is 2.15. The van der Waals surface area contributed by atoms with Crippen molar-refractivity contribution < 1.29 is 70.4 Å². The molecule has 0 aromatic carbocycles. The molecule has 0 aromatic heterocycles. The van der Waals surface area contributed by atoms with Crippen LogP contribution in [-0.2, 0) is 9.47 Å². The van der Waals surface area contributed by atoms with E-state index in [1.165, 1.54) is 14.1 Å². The summed E-state index contributed by atoms with van der Waals surface area (Å²) < 4.78 is 9.30. The minimum absolute atomic E-state index is 0. The van der Waals surface area contributed by atoms with Gasteiger partial charge in [0.1, 0.15) is 11.2 Å². The summed E-state index contributed by atoms with van der Waals surface area (Å²) in [5.74, 6) is 0. The summed E-state index contributed by atoms with van der Waals surface area (Å²) in [6, 6.07) is 0. The third kappa shape index (κ3) is 36.2. The molecule has 0 aromatic rings. The molecule has 0 rings (SSSR count). The third-order valence-electron chi connectivity index (χ3n) is 1.00. The van der Waals surface area contributed by atoms with Gasteiger partial charge in [-0.3, -0.25) is 4.79 Å². The van der Waals surface area contributed by atoms with Crippen LogP contribution in [0.4, 0.5) is 9.59 Å².